The van der Waals surface area contributed by atoms with E-state index in [1.54, 1.807) is 23.0 Å². The molecule has 2 fully saturated rings. The standard InChI is InChI=1S/C28H34N4O4/c1-28-16-13-26(34)32(28)24-7-4-3-6-23(24)27(35)31(28)17-5-8-25(33)29-20-14-18-30(19-15-20)21-9-11-22(36-2)12-10-21/h3-4,6-7,9-12,20H,5,8,13-19H2,1-2H3,(H,29,33). The van der Waals surface area contributed by atoms with Gasteiger partial charge in [-0.2, -0.15) is 0 Å². The molecule has 8 heteroatoms. The van der Waals surface area contributed by atoms with Gasteiger partial charge in [0.05, 0.1) is 18.4 Å². The molecule has 1 unspecified atom stereocenters. The van der Waals surface area contributed by atoms with Gasteiger partial charge < -0.3 is 19.9 Å². The molecule has 3 aliphatic heterocycles. The third-order valence-electron chi connectivity index (χ3n) is 7.83. The average Bonchev–Trinajstić information content (AvgIpc) is 3.21. The summed E-state index contributed by atoms with van der Waals surface area (Å²) in [4.78, 5) is 44.6. The molecule has 2 aromatic rings. The summed E-state index contributed by atoms with van der Waals surface area (Å²) in [5.41, 5.74) is 1.75. The number of rotatable bonds is 7. The monoisotopic (exact) mass is 490 g/mol. The van der Waals surface area contributed by atoms with Gasteiger partial charge >= 0.3 is 0 Å². The van der Waals surface area contributed by atoms with E-state index in [-0.39, 0.29) is 23.8 Å². The van der Waals surface area contributed by atoms with Gasteiger partial charge in [0.15, 0.2) is 0 Å². The molecule has 8 nitrogen and oxygen atoms in total. The Hall–Kier alpha value is -3.55. The summed E-state index contributed by atoms with van der Waals surface area (Å²) in [6, 6.07) is 15.5. The highest BCUT2D eigenvalue weighted by atomic mass is 16.5. The van der Waals surface area contributed by atoms with E-state index in [1.807, 2.05) is 37.3 Å². The van der Waals surface area contributed by atoms with Crippen LogP contribution >= 0.6 is 0 Å². The van der Waals surface area contributed by atoms with Gasteiger partial charge in [-0.1, -0.05) is 12.1 Å². The molecule has 190 valence electrons. The van der Waals surface area contributed by atoms with Crippen LogP contribution in [-0.2, 0) is 9.59 Å². The zero-order chi connectivity index (χ0) is 25.3. The summed E-state index contributed by atoms with van der Waals surface area (Å²) in [6.07, 6.45) is 3.73. The molecule has 3 aliphatic rings. The van der Waals surface area contributed by atoms with Crippen LogP contribution in [0.25, 0.3) is 0 Å². The lowest BCUT2D eigenvalue weighted by atomic mass is 9.97. The number of anilines is 2. The predicted molar refractivity (Wildman–Crippen MR) is 138 cm³/mol. The lowest BCUT2D eigenvalue weighted by Gasteiger charge is -2.48. The highest BCUT2D eigenvalue weighted by Gasteiger charge is 2.52. The minimum absolute atomic E-state index is 0.0206. The van der Waals surface area contributed by atoms with Gasteiger partial charge in [-0.25, -0.2) is 0 Å². The van der Waals surface area contributed by atoms with Gasteiger partial charge in [-0.3, -0.25) is 19.3 Å². The Kier molecular flexibility index (Phi) is 6.60. The van der Waals surface area contributed by atoms with Crippen molar-refractivity contribution < 1.29 is 19.1 Å². The second-order valence-corrected chi connectivity index (χ2v) is 10.1. The molecule has 0 aromatic heterocycles. The van der Waals surface area contributed by atoms with Crippen LogP contribution < -0.4 is 19.9 Å². The van der Waals surface area contributed by atoms with Crippen molar-refractivity contribution in [2.75, 3.05) is 36.5 Å². The minimum Gasteiger partial charge on any atom is -0.497 e. The first-order valence-corrected chi connectivity index (χ1v) is 12.8. The predicted octanol–water partition coefficient (Wildman–Crippen LogP) is 3.56. The first kappa shape index (κ1) is 24.2. The summed E-state index contributed by atoms with van der Waals surface area (Å²) in [6.45, 7) is 4.18. The first-order chi connectivity index (χ1) is 17.4. The maximum absolute atomic E-state index is 13.3. The van der Waals surface area contributed by atoms with Crippen LogP contribution in [0, 0.1) is 0 Å². The molecule has 0 bridgehead atoms. The summed E-state index contributed by atoms with van der Waals surface area (Å²) in [5, 5.41) is 3.18. The smallest absolute Gasteiger partial charge is 0.257 e. The van der Waals surface area contributed by atoms with E-state index in [9.17, 15) is 14.4 Å². The maximum atomic E-state index is 13.3. The van der Waals surface area contributed by atoms with Gasteiger partial charge in [-0.05, 0) is 69.0 Å². The van der Waals surface area contributed by atoms with E-state index < -0.39 is 5.66 Å². The number of piperidine rings is 1. The van der Waals surface area contributed by atoms with Crippen LogP contribution in [0.1, 0.15) is 55.8 Å². The fraction of sp³-hybridized carbons (Fsp3) is 0.464. The van der Waals surface area contributed by atoms with E-state index in [1.165, 1.54) is 5.69 Å². The first-order valence-electron chi connectivity index (χ1n) is 12.8. The number of carbonyl (C=O) groups excluding carboxylic acids is 3. The van der Waals surface area contributed by atoms with E-state index in [0.717, 1.165) is 31.7 Å². The molecule has 2 aromatic carbocycles. The van der Waals surface area contributed by atoms with Crippen LogP contribution in [0.2, 0.25) is 0 Å². The average molecular weight is 491 g/mol. The van der Waals surface area contributed by atoms with E-state index >= 15 is 0 Å². The number of hydrogen-bond donors (Lipinski definition) is 1. The summed E-state index contributed by atoms with van der Waals surface area (Å²) >= 11 is 0. The number of fused-ring (bicyclic) bond motifs is 3. The molecule has 0 saturated carbocycles. The number of para-hydroxylation sites is 1. The van der Waals surface area contributed by atoms with Gasteiger partial charge in [0.1, 0.15) is 11.4 Å². The Morgan fingerprint density at radius 2 is 1.81 bits per heavy atom. The molecule has 1 N–H and O–H groups in total. The fourth-order valence-corrected chi connectivity index (χ4v) is 5.81. The Morgan fingerprint density at radius 1 is 1.08 bits per heavy atom. The van der Waals surface area contributed by atoms with Gasteiger partial charge in [0.25, 0.3) is 5.91 Å². The number of carbonyl (C=O) groups is 3. The number of hydrogen-bond acceptors (Lipinski definition) is 5. The molecule has 3 amide bonds. The van der Waals surface area contributed by atoms with Crippen molar-refractivity contribution in [1.82, 2.24) is 10.2 Å². The number of nitrogens with one attached hydrogen (secondary N) is 1. The molecular weight excluding hydrogens is 456 g/mol. The van der Waals surface area contributed by atoms with Crippen LogP contribution in [0.4, 0.5) is 11.4 Å². The SMILES string of the molecule is COc1ccc(N2CCC(NC(=O)CCCN3C(=O)c4ccccc4N4C(=O)CCC34C)CC2)cc1. The molecule has 0 spiro atoms. The van der Waals surface area contributed by atoms with Crippen molar-refractivity contribution in [1.29, 1.82) is 0 Å². The quantitative estimate of drug-likeness (QED) is 0.642. The van der Waals surface area contributed by atoms with Crippen molar-refractivity contribution >= 4 is 29.1 Å². The van der Waals surface area contributed by atoms with E-state index in [2.05, 4.69) is 22.3 Å². The highest BCUT2D eigenvalue weighted by molar-refractivity contribution is 6.10. The molecule has 3 heterocycles. The van der Waals surface area contributed by atoms with Crippen molar-refractivity contribution in [2.24, 2.45) is 0 Å². The van der Waals surface area contributed by atoms with Gasteiger partial charge in [-0.15, -0.1) is 0 Å². The lowest BCUT2D eigenvalue weighted by molar-refractivity contribution is -0.122. The Morgan fingerprint density at radius 3 is 2.53 bits per heavy atom. The summed E-state index contributed by atoms with van der Waals surface area (Å²) in [5.74, 6) is 0.844. The zero-order valence-electron chi connectivity index (χ0n) is 21.0. The number of benzene rings is 2. The van der Waals surface area contributed by atoms with Crippen molar-refractivity contribution in [2.45, 2.75) is 57.2 Å². The maximum Gasteiger partial charge on any atom is 0.257 e. The van der Waals surface area contributed by atoms with Gasteiger partial charge in [0, 0.05) is 44.2 Å². The molecule has 2 saturated heterocycles. The van der Waals surface area contributed by atoms with Crippen LogP contribution in [0.15, 0.2) is 48.5 Å². The van der Waals surface area contributed by atoms with Crippen molar-refractivity contribution in [3.8, 4) is 5.75 Å². The molecule has 1 atom stereocenters. The van der Waals surface area contributed by atoms with Crippen LogP contribution in [0.5, 0.6) is 5.75 Å². The Labute approximate surface area is 212 Å². The molecule has 0 radical (unpaired) electrons. The number of amides is 3. The number of ether oxygens (including phenoxy) is 1. The van der Waals surface area contributed by atoms with Crippen molar-refractivity contribution in [3.05, 3.63) is 54.1 Å². The second-order valence-electron chi connectivity index (χ2n) is 10.1. The third kappa shape index (κ3) is 4.40. The summed E-state index contributed by atoms with van der Waals surface area (Å²) < 4.78 is 5.24. The van der Waals surface area contributed by atoms with Crippen molar-refractivity contribution in [3.63, 3.8) is 0 Å². The molecule has 0 aliphatic carbocycles. The summed E-state index contributed by atoms with van der Waals surface area (Å²) in [7, 11) is 1.66. The topological polar surface area (TPSA) is 82.2 Å². The minimum atomic E-state index is -0.673. The second kappa shape index (κ2) is 9.84. The number of methoxy groups -OCH3 is 1. The Balaban J connectivity index is 1.13. The fourth-order valence-electron chi connectivity index (χ4n) is 5.81. The molecule has 5 rings (SSSR count). The molecule has 36 heavy (non-hydrogen) atoms. The largest absolute Gasteiger partial charge is 0.497 e. The van der Waals surface area contributed by atoms with Gasteiger partial charge in [0.2, 0.25) is 11.8 Å². The van der Waals surface area contributed by atoms with E-state index in [0.29, 0.717) is 43.5 Å². The third-order valence-corrected chi connectivity index (χ3v) is 7.83. The normalized spacial score (nSPS) is 21.9. The van der Waals surface area contributed by atoms with E-state index in [4.69, 9.17) is 4.74 Å². The Bertz CT molecular complexity index is 1140. The number of nitrogens with zero attached hydrogens (tertiary/aromatic N) is 3. The molecular formula is C28H34N4O4. The highest BCUT2D eigenvalue weighted by Crippen LogP contribution is 2.44. The zero-order valence-corrected chi connectivity index (χ0v) is 21.0. The lowest BCUT2D eigenvalue weighted by Crippen LogP contribution is -2.62. The van der Waals surface area contributed by atoms with Crippen LogP contribution in [-0.4, -0.2) is 61.1 Å². The van der Waals surface area contributed by atoms with Crippen LogP contribution in [0.3, 0.4) is 0 Å².